The van der Waals surface area contributed by atoms with Crippen molar-refractivity contribution in [3.8, 4) is 11.8 Å². The number of carbonyl (C=O) groups is 1. The highest BCUT2D eigenvalue weighted by Crippen LogP contribution is 2.15. The van der Waals surface area contributed by atoms with Gasteiger partial charge in [-0.2, -0.15) is 0 Å². The van der Waals surface area contributed by atoms with E-state index in [9.17, 15) is 9.18 Å². The lowest BCUT2D eigenvalue weighted by molar-refractivity contribution is -0.0124. The second kappa shape index (κ2) is 7.21. The van der Waals surface area contributed by atoms with E-state index in [1.165, 1.54) is 18.2 Å². The molecule has 0 aliphatic carbocycles. The minimum Gasteiger partial charge on any atom is -0.395 e. The Hall–Kier alpha value is -1.90. The largest absolute Gasteiger partial charge is 0.395 e. The molecule has 112 valence electrons. The Morgan fingerprint density at radius 2 is 2.38 bits per heavy atom. The van der Waals surface area contributed by atoms with Crippen LogP contribution in [0.4, 0.5) is 4.39 Å². The molecule has 5 heteroatoms. The van der Waals surface area contributed by atoms with Crippen LogP contribution in [0, 0.1) is 17.7 Å². The molecule has 1 N–H and O–H groups in total. The van der Waals surface area contributed by atoms with Crippen molar-refractivity contribution in [1.29, 1.82) is 0 Å². The lowest BCUT2D eigenvalue weighted by Crippen LogP contribution is -2.44. The van der Waals surface area contributed by atoms with Crippen LogP contribution in [0.5, 0.6) is 0 Å². The van der Waals surface area contributed by atoms with E-state index in [1.54, 1.807) is 4.90 Å². The van der Waals surface area contributed by atoms with Crippen LogP contribution in [0.2, 0.25) is 0 Å². The van der Waals surface area contributed by atoms with Crippen molar-refractivity contribution in [1.82, 2.24) is 4.90 Å². The third-order valence-electron chi connectivity index (χ3n) is 3.20. The molecule has 1 amide bonds. The summed E-state index contributed by atoms with van der Waals surface area (Å²) in [5.74, 6) is 4.88. The quantitative estimate of drug-likeness (QED) is 0.838. The van der Waals surface area contributed by atoms with Crippen LogP contribution in [-0.2, 0) is 4.74 Å². The Morgan fingerprint density at radius 1 is 1.57 bits per heavy atom. The van der Waals surface area contributed by atoms with Gasteiger partial charge in [-0.25, -0.2) is 4.39 Å². The van der Waals surface area contributed by atoms with Gasteiger partial charge in [-0.1, -0.05) is 11.8 Å². The SMILES string of the molecule is CC1CN(C(=O)c2ccc(F)cc2C#CCCO)CCO1. The lowest BCUT2D eigenvalue weighted by Gasteiger charge is -2.31. The molecule has 0 saturated carbocycles. The number of carbonyl (C=O) groups excluding carboxylic acids is 1. The summed E-state index contributed by atoms with van der Waals surface area (Å²) in [6.07, 6.45) is 0.283. The van der Waals surface area contributed by atoms with Crippen molar-refractivity contribution >= 4 is 5.91 Å². The third kappa shape index (κ3) is 4.03. The zero-order chi connectivity index (χ0) is 15.2. The second-order valence-corrected chi connectivity index (χ2v) is 4.90. The van der Waals surface area contributed by atoms with Gasteiger partial charge >= 0.3 is 0 Å². The average molecular weight is 291 g/mol. The second-order valence-electron chi connectivity index (χ2n) is 4.90. The number of hydrogen-bond acceptors (Lipinski definition) is 3. The molecular weight excluding hydrogens is 273 g/mol. The summed E-state index contributed by atoms with van der Waals surface area (Å²) in [4.78, 5) is 14.2. The van der Waals surface area contributed by atoms with E-state index >= 15 is 0 Å². The minimum absolute atomic E-state index is 0.00734. The monoisotopic (exact) mass is 291 g/mol. The van der Waals surface area contributed by atoms with Crippen LogP contribution in [-0.4, -0.2) is 48.3 Å². The maximum atomic E-state index is 13.4. The maximum absolute atomic E-state index is 13.4. The van der Waals surface area contributed by atoms with Crippen molar-refractivity contribution in [2.24, 2.45) is 0 Å². The Balaban J connectivity index is 2.26. The Bertz CT molecular complexity index is 577. The predicted molar refractivity (Wildman–Crippen MR) is 76.3 cm³/mol. The van der Waals surface area contributed by atoms with Crippen LogP contribution in [0.25, 0.3) is 0 Å². The first kappa shape index (κ1) is 15.5. The van der Waals surface area contributed by atoms with Gasteiger partial charge in [-0.3, -0.25) is 4.79 Å². The van der Waals surface area contributed by atoms with Gasteiger partial charge in [0.25, 0.3) is 5.91 Å². The summed E-state index contributed by atoms with van der Waals surface area (Å²) >= 11 is 0. The zero-order valence-electron chi connectivity index (χ0n) is 11.9. The molecule has 1 aliphatic rings. The van der Waals surface area contributed by atoms with Gasteiger partial charge in [0.15, 0.2) is 0 Å². The molecule has 1 atom stereocenters. The fraction of sp³-hybridized carbons (Fsp3) is 0.438. The molecule has 1 saturated heterocycles. The first-order valence-electron chi connectivity index (χ1n) is 6.92. The number of rotatable bonds is 2. The van der Waals surface area contributed by atoms with Crippen LogP contribution < -0.4 is 0 Å². The number of aliphatic hydroxyl groups excluding tert-OH is 1. The fourth-order valence-corrected chi connectivity index (χ4v) is 2.19. The van der Waals surface area contributed by atoms with Crippen LogP contribution in [0.3, 0.4) is 0 Å². The van der Waals surface area contributed by atoms with Gasteiger partial charge < -0.3 is 14.7 Å². The van der Waals surface area contributed by atoms with E-state index in [-0.39, 0.29) is 18.6 Å². The Morgan fingerprint density at radius 3 is 3.10 bits per heavy atom. The van der Waals surface area contributed by atoms with E-state index in [2.05, 4.69) is 11.8 Å². The van der Waals surface area contributed by atoms with Crippen LogP contribution in [0.1, 0.15) is 29.3 Å². The smallest absolute Gasteiger partial charge is 0.255 e. The van der Waals surface area contributed by atoms with Crippen molar-refractivity contribution in [3.63, 3.8) is 0 Å². The third-order valence-corrected chi connectivity index (χ3v) is 3.20. The van der Waals surface area contributed by atoms with E-state index in [0.29, 0.717) is 37.2 Å². The zero-order valence-corrected chi connectivity index (χ0v) is 11.9. The molecule has 0 spiro atoms. The number of amides is 1. The van der Waals surface area contributed by atoms with Gasteiger partial charge in [0, 0.05) is 25.1 Å². The van der Waals surface area contributed by atoms with Crippen LogP contribution >= 0.6 is 0 Å². The number of hydrogen-bond donors (Lipinski definition) is 1. The number of halogens is 1. The predicted octanol–water partition coefficient (Wildman–Crippen LogP) is 1.42. The van der Waals surface area contributed by atoms with E-state index in [0.717, 1.165) is 0 Å². The molecule has 4 nitrogen and oxygen atoms in total. The first-order chi connectivity index (χ1) is 10.1. The topological polar surface area (TPSA) is 49.8 Å². The molecule has 1 aromatic carbocycles. The minimum atomic E-state index is -0.435. The van der Waals surface area contributed by atoms with Gasteiger partial charge in [-0.05, 0) is 25.1 Å². The van der Waals surface area contributed by atoms with Gasteiger partial charge in [-0.15, -0.1) is 0 Å². The van der Waals surface area contributed by atoms with E-state index < -0.39 is 5.82 Å². The van der Waals surface area contributed by atoms with E-state index in [1.807, 2.05) is 6.92 Å². The molecule has 1 aromatic rings. The molecule has 1 aliphatic heterocycles. The van der Waals surface area contributed by atoms with E-state index in [4.69, 9.17) is 9.84 Å². The molecule has 0 radical (unpaired) electrons. The number of nitrogens with zero attached hydrogens (tertiary/aromatic N) is 1. The van der Waals surface area contributed by atoms with Gasteiger partial charge in [0.05, 0.1) is 24.9 Å². The normalized spacial score (nSPS) is 18.0. The van der Waals surface area contributed by atoms with Crippen LogP contribution in [0.15, 0.2) is 18.2 Å². The Kier molecular flexibility index (Phi) is 5.32. The summed E-state index contributed by atoms with van der Waals surface area (Å²) in [5.41, 5.74) is 0.739. The highest BCUT2D eigenvalue weighted by atomic mass is 19.1. The van der Waals surface area contributed by atoms with Crippen molar-refractivity contribution in [3.05, 3.63) is 35.1 Å². The first-order valence-corrected chi connectivity index (χ1v) is 6.92. The number of morpholine rings is 1. The summed E-state index contributed by atoms with van der Waals surface area (Å²) in [6, 6.07) is 3.97. The molecule has 21 heavy (non-hydrogen) atoms. The van der Waals surface area contributed by atoms with Gasteiger partial charge in [0.2, 0.25) is 0 Å². The molecule has 1 heterocycles. The van der Waals surface area contributed by atoms with Crippen molar-refractivity contribution < 1.29 is 19.0 Å². The maximum Gasteiger partial charge on any atom is 0.255 e. The molecule has 0 aromatic heterocycles. The summed E-state index contributed by atoms with van der Waals surface area (Å²) in [7, 11) is 0. The number of ether oxygens (including phenoxy) is 1. The average Bonchev–Trinajstić information content (AvgIpc) is 2.47. The fourth-order valence-electron chi connectivity index (χ4n) is 2.19. The number of benzene rings is 1. The number of aliphatic hydroxyl groups is 1. The molecular formula is C16H18FNO3. The highest BCUT2D eigenvalue weighted by Gasteiger charge is 2.24. The molecule has 1 unspecified atom stereocenters. The molecule has 0 bridgehead atoms. The lowest BCUT2D eigenvalue weighted by atomic mass is 10.1. The summed E-state index contributed by atoms with van der Waals surface area (Å²) < 4.78 is 18.8. The van der Waals surface area contributed by atoms with Crippen molar-refractivity contribution in [2.45, 2.75) is 19.4 Å². The summed E-state index contributed by atoms with van der Waals surface area (Å²) in [5, 5.41) is 8.74. The van der Waals surface area contributed by atoms with Gasteiger partial charge in [0.1, 0.15) is 5.82 Å². The molecule has 1 fully saturated rings. The standard InChI is InChI=1S/C16H18FNO3/c1-12-11-18(7-9-21-12)16(20)15-6-5-14(17)10-13(15)4-2-3-8-19/h5-6,10,12,19H,3,7-9,11H2,1H3. The van der Waals surface area contributed by atoms with Crippen molar-refractivity contribution in [2.75, 3.05) is 26.3 Å². The Labute approximate surface area is 123 Å². The molecule has 2 rings (SSSR count). The summed E-state index contributed by atoms with van der Waals surface area (Å²) in [6.45, 7) is 3.38. The highest BCUT2D eigenvalue weighted by molar-refractivity contribution is 5.96.